The zero-order chi connectivity index (χ0) is 23.5. The number of carbonyl (C=O) groups is 2. The van der Waals surface area contributed by atoms with E-state index in [4.69, 9.17) is 4.42 Å². The van der Waals surface area contributed by atoms with E-state index in [0.717, 1.165) is 40.7 Å². The van der Waals surface area contributed by atoms with E-state index < -0.39 is 0 Å². The van der Waals surface area contributed by atoms with E-state index in [1.807, 2.05) is 91.9 Å². The number of benzene rings is 3. The van der Waals surface area contributed by atoms with Crippen LogP contribution in [-0.4, -0.2) is 34.2 Å². The number of aryl methyl sites for hydroxylation is 1. The summed E-state index contributed by atoms with van der Waals surface area (Å²) in [4.78, 5) is 30.5. The molecule has 0 aliphatic heterocycles. The fraction of sp³-hybridized carbons (Fsp3) is 0.241. The lowest BCUT2D eigenvalue weighted by Crippen LogP contribution is -2.43. The highest BCUT2D eigenvalue weighted by Gasteiger charge is 2.35. The van der Waals surface area contributed by atoms with Gasteiger partial charge in [-0.15, -0.1) is 0 Å². The van der Waals surface area contributed by atoms with Gasteiger partial charge in [0.05, 0.1) is 6.54 Å². The molecule has 34 heavy (non-hydrogen) atoms. The summed E-state index contributed by atoms with van der Waals surface area (Å²) in [7, 11) is 0. The molecule has 1 fully saturated rings. The Bertz CT molecular complexity index is 1310. The van der Waals surface area contributed by atoms with Crippen LogP contribution < -0.4 is 0 Å². The number of rotatable bonds is 8. The monoisotopic (exact) mass is 452 g/mol. The largest absolute Gasteiger partial charge is 0.464 e. The van der Waals surface area contributed by atoms with Gasteiger partial charge in [0.25, 0.3) is 5.91 Å². The van der Waals surface area contributed by atoms with Crippen molar-refractivity contribution in [2.45, 2.75) is 38.9 Å². The molecule has 0 atom stereocenters. The summed E-state index contributed by atoms with van der Waals surface area (Å²) in [5, 5.41) is 2.12. The summed E-state index contributed by atoms with van der Waals surface area (Å²) >= 11 is 0. The van der Waals surface area contributed by atoms with Crippen molar-refractivity contribution >= 4 is 22.6 Å². The van der Waals surface area contributed by atoms with E-state index in [1.54, 1.807) is 9.80 Å². The predicted molar refractivity (Wildman–Crippen MR) is 132 cm³/mol. The Balaban J connectivity index is 1.37. The van der Waals surface area contributed by atoms with Crippen molar-refractivity contribution in [2.75, 3.05) is 6.54 Å². The number of hydrogen-bond acceptors (Lipinski definition) is 3. The summed E-state index contributed by atoms with van der Waals surface area (Å²) in [6, 6.07) is 27.6. The van der Waals surface area contributed by atoms with Crippen LogP contribution in [0.15, 0.2) is 89.3 Å². The first-order valence-corrected chi connectivity index (χ1v) is 11.7. The number of carbonyl (C=O) groups excluding carboxylic acids is 2. The minimum Gasteiger partial charge on any atom is -0.464 e. The average Bonchev–Trinajstić information content (AvgIpc) is 3.62. The van der Waals surface area contributed by atoms with Gasteiger partial charge >= 0.3 is 0 Å². The molecule has 1 aliphatic rings. The molecule has 0 radical (unpaired) electrons. The second-order valence-corrected chi connectivity index (χ2v) is 8.97. The first-order chi connectivity index (χ1) is 16.6. The number of amides is 2. The normalized spacial score (nSPS) is 13.1. The maximum Gasteiger partial charge on any atom is 0.254 e. The molecule has 1 aliphatic carbocycles. The second kappa shape index (κ2) is 9.56. The number of nitrogens with zero attached hydrogens (tertiary/aromatic N) is 2. The van der Waals surface area contributed by atoms with Crippen molar-refractivity contribution < 1.29 is 14.0 Å². The van der Waals surface area contributed by atoms with Crippen molar-refractivity contribution in [1.29, 1.82) is 0 Å². The third kappa shape index (κ3) is 5.04. The first kappa shape index (κ1) is 22.0. The predicted octanol–water partition coefficient (Wildman–Crippen LogP) is 5.57. The SMILES string of the molecule is Cc1ccc(CN(Cc2ccccc2)C(=O)CN(C(=O)c2ccc3ccccc3c2)C2CC2)o1. The van der Waals surface area contributed by atoms with Crippen molar-refractivity contribution in [1.82, 2.24) is 9.80 Å². The highest BCUT2D eigenvalue weighted by Crippen LogP contribution is 2.29. The van der Waals surface area contributed by atoms with E-state index >= 15 is 0 Å². The van der Waals surface area contributed by atoms with Crippen LogP contribution >= 0.6 is 0 Å². The molecule has 3 aromatic carbocycles. The van der Waals surface area contributed by atoms with Gasteiger partial charge in [0.1, 0.15) is 18.1 Å². The number of furan rings is 1. The van der Waals surface area contributed by atoms with Crippen LogP contribution in [0.1, 0.15) is 40.3 Å². The molecule has 5 nitrogen and oxygen atoms in total. The fourth-order valence-electron chi connectivity index (χ4n) is 4.28. The molecule has 0 saturated heterocycles. The van der Waals surface area contributed by atoms with Gasteiger partial charge in [-0.25, -0.2) is 0 Å². The lowest BCUT2D eigenvalue weighted by atomic mass is 10.1. The molecule has 0 N–H and O–H groups in total. The van der Waals surface area contributed by atoms with Crippen LogP contribution in [0.5, 0.6) is 0 Å². The van der Waals surface area contributed by atoms with Crippen LogP contribution in [0.2, 0.25) is 0 Å². The maximum atomic E-state index is 13.5. The molecule has 0 bridgehead atoms. The first-order valence-electron chi connectivity index (χ1n) is 11.7. The molecule has 5 heteroatoms. The fourth-order valence-corrected chi connectivity index (χ4v) is 4.28. The Morgan fingerprint density at radius 2 is 1.59 bits per heavy atom. The molecule has 0 unspecified atom stereocenters. The Kier molecular flexibility index (Phi) is 6.17. The summed E-state index contributed by atoms with van der Waals surface area (Å²) in [6.07, 6.45) is 1.87. The van der Waals surface area contributed by atoms with Crippen molar-refractivity contribution in [3.63, 3.8) is 0 Å². The summed E-state index contributed by atoms with van der Waals surface area (Å²) in [6.45, 7) is 2.78. The lowest BCUT2D eigenvalue weighted by molar-refractivity contribution is -0.133. The third-order valence-electron chi connectivity index (χ3n) is 6.26. The number of hydrogen-bond donors (Lipinski definition) is 0. The van der Waals surface area contributed by atoms with Crippen LogP contribution in [0, 0.1) is 6.92 Å². The molecule has 5 rings (SSSR count). The van der Waals surface area contributed by atoms with E-state index in [0.29, 0.717) is 18.7 Å². The Morgan fingerprint density at radius 3 is 2.29 bits per heavy atom. The molecule has 1 heterocycles. The molecule has 172 valence electrons. The minimum atomic E-state index is -0.0879. The van der Waals surface area contributed by atoms with Gasteiger partial charge in [0, 0.05) is 18.2 Å². The van der Waals surface area contributed by atoms with E-state index in [1.165, 1.54) is 0 Å². The molecule has 2 amide bonds. The molecule has 0 spiro atoms. The van der Waals surface area contributed by atoms with Gasteiger partial charge in [0.15, 0.2) is 0 Å². The van der Waals surface area contributed by atoms with Gasteiger partial charge in [-0.1, -0.05) is 60.7 Å². The zero-order valence-corrected chi connectivity index (χ0v) is 19.3. The quantitative estimate of drug-likeness (QED) is 0.351. The standard InChI is InChI=1S/C29H28N2O3/c1-21-11-16-27(34-21)19-30(18-22-7-3-2-4-8-22)28(32)20-31(26-14-15-26)29(33)25-13-12-23-9-5-6-10-24(23)17-25/h2-13,16-17,26H,14-15,18-20H2,1H3. The summed E-state index contributed by atoms with van der Waals surface area (Å²) in [5.41, 5.74) is 1.66. The van der Waals surface area contributed by atoms with Crippen molar-refractivity contribution in [3.05, 3.63) is 108 Å². The zero-order valence-electron chi connectivity index (χ0n) is 19.3. The molecule has 4 aromatic rings. The van der Waals surface area contributed by atoms with Gasteiger partial charge in [-0.2, -0.15) is 0 Å². The molecular weight excluding hydrogens is 424 g/mol. The second-order valence-electron chi connectivity index (χ2n) is 8.97. The summed E-state index contributed by atoms with van der Waals surface area (Å²) in [5.74, 6) is 1.38. The van der Waals surface area contributed by atoms with Crippen molar-refractivity contribution in [2.24, 2.45) is 0 Å². The van der Waals surface area contributed by atoms with Gasteiger partial charge in [-0.05, 0) is 60.4 Å². The van der Waals surface area contributed by atoms with E-state index in [2.05, 4.69) is 0 Å². The molecule has 1 saturated carbocycles. The highest BCUT2D eigenvalue weighted by atomic mass is 16.3. The highest BCUT2D eigenvalue weighted by molar-refractivity contribution is 6.00. The molecular formula is C29H28N2O3. The Morgan fingerprint density at radius 1 is 0.853 bits per heavy atom. The van der Waals surface area contributed by atoms with Crippen LogP contribution in [0.25, 0.3) is 10.8 Å². The van der Waals surface area contributed by atoms with Crippen LogP contribution in [-0.2, 0) is 17.9 Å². The van der Waals surface area contributed by atoms with Gasteiger partial charge in [0.2, 0.25) is 5.91 Å². The Hall–Kier alpha value is -3.86. The topological polar surface area (TPSA) is 53.8 Å². The molecule has 1 aromatic heterocycles. The Labute approximate surface area is 199 Å². The smallest absolute Gasteiger partial charge is 0.254 e. The maximum absolute atomic E-state index is 13.5. The summed E-state index contributed by atoms with van der Waals surface area (Å²) < 4.78 is 5.75. The average molecular weight is 453 g/mol. The van der Waals surface area contributed by atoms with Crippen LogP contribution in [0.3, 0.4) is 0 Å². The van der Waals surface area contributed by atoms with Crippen LogP contribution in [0.4, 0.5) is 0 Å². The lowest BCUT2D eigenvalue weighted by Gasteiger charge is -2.27. The van der Waals surface area contributed by atoms with E-state index in [9.17, 15) is 9.59 Å². The van der Waals surface area contributed by atoms with Crippen molar-refractivity contribution in [3.8, 4) is 0 Å². The van der Waals surface area contributed by atoms with E-state index in [-0.39, 0.29) is 24.4 Å². The number of fused-ring (bicyclic) bond motifs is 1. The minimum absolute atomic E-state index is 0.0584. The third-order valence-corrected chi connectivity index (χ3v) is 6.26. The van der Waals surface area contributed by atoms with Gasteiger partial charge < -0.3 is 14.2 Å². The van der Waals surface area contributed by atoms with Gasteiger partial charge in [-0.3, -0.25) is 9.59 Å².